The van der Waals surface area contributed by atoms with Crippen LogP contribution in [0.4, 0.5) is 0 Å². The van der Waals surface area contributed by atoms with Crippen molar-refractivity contribution in [2.45, 2.75) is 32.1 Å². The van der Waals surface area contributed by atoms with Crippen molar-refractivity contribution in [1.82, 2.24) is 0 Å². The molecule has 2 heteroatoms. The van der Waals surface area contributed by atoms with Crippen LogP contribution in [-0.4, -0.2) is 13.1 Å². The minimum atomic E-state index is -0.258. The molecule has 1 aromatic rings. The molecule has 0 bridgehead atoms. The number of hydrogen-bond donors (Lipinski definition) is 0. The highest BCUT2D eigenvalue weighted by atomic mass is 16.5. The van der Waals surface area contributed by atoms with E-state index in [0.29, 0.717) is 11.5 Å². The van der Waals surface area contributed by atoms with Crippen LogP contribution in [0.25, 0.3) is 0 Å². The Morgan fingerprint density at radius 1 is 1.25 bits per heavy atom. The quantitative estimate of drug-likeness (QED) is 0.711. The Bertz CT molecular complexity index is 367. The fourth-order valence-electron chi connectivity index (χ4n) is 2.62. The summed E-state index contributed by atoms with van der Waals surface area (Å²) < 4.78 is 4.68. The van der Waals surface area contributed by atoms with Crippen LogP contribution in [0.3, 0.4) is 0 Å². The second kappa shape index (κ2) is 4.69. The number of rotatable bonds is 2. The lowest BCUT2D eigenvalue weighted by atomic mass is 9.90. The summed E-state index contributed by atoms with van der Waals surface area (Å²) in [4.78, 5) is 11.3. The highest BCUT2D eigenvalue weighted by Gasteiger charge is 2.24. The molecule has 0 saturated heterocycles. The molecule has 2 atom stereocenters. The molecule has 2 unspecified atom stereocenters. The van der Waals surface area contributed by atoms with Gasteiger partial charge in [-0.2, -0.15) is 0 Å². The smallest absolute Gasteiger partial charge is 0.337 e. The van der Waals surface area contributed by atoms with Crippen LogP contribution < -0.4 is 0 Å². The van der Waals surface area contributed by atoms with Crippen molar-refractivity contribution in [3.05, 3.63) is 35.4 Å². The van der Waals surface area contributed by atoms with Crippen molar-refractivity contribution >= 4 is 5.97 Å². The predicted molar refractivity (Wildman–Crippen MR) is 63.5 cm³/mol. The van der Waals surface area contributed by atoms with Crippen LogP contribution in [-0.2, 0) is 4.74 Å². The van der Waals surface area contributed by atoms with E-state index >= 15 is 0 Å². The van der Waals surface area contributed by atoms with Crippen LogP contribution in [0.5, 0.6) is 0 Å². The maximum absolute atomic E-state index is 11.3. The Hall–Kier alpha value is -1.31. The minimum absolute atomic E-state index is 0.258. The average Bonchev–Trinajstić information content (AvgIpc) is 2.75. The van der Waals surface area contributed by atoms with Crippen LogP contribution >= 0.6 is 0 Å². The fraction of sp³-hybridized carbons (Fsp3) is 0.500. The number of esters is 1. The van der Waals surface area contributed by atoms with Crippen molar-refractivity contribution in [3.8, 4) is 0 Å². The lowest BCUT2D eigenvalue weighted by Gasteiger charge is -2.15. The largest absolute Gasteiger partial charge is 0.465 e. The molecule has 1 saturated carbocycles. The summed E-state index contributed by atoms with van der Waals surface area (Å²) in [6, 6.07) is 7.87. The first kappa shape index (κ1) is 11.2. The van der Waals surface area contributed by atoms with E-state index in [9.17, 15) is 4.79 Å². The second-order valence-corrected chi connectivity index (χ2v) is 4.63. The molecular weight excluding hydrogens is 200 g/mol. The van der Waals surface area contributed by atoms with Gasteiger partial charge in [0, 0.05) is 0 Å². The predicted octanol–water partition coefficient (Wildman–Crippen LogP) is 3.38. The summed E-state index contributed by atoms with van der Waals surface area (Å²) in [5.74, 6) is 1.18. The SMILES string of the molecule is COC(=O)c1ccc(C2CCCC2C)cc1. The van der Waals surface area contributed by atoms with Crippen molar-refractivity contribution in [3.63, 3.8) is 0 Å². The third-order valence-electron chi connectivity index (χ3n) is 3.62. The van der Waals surface area contributed by atoms with Gasteiger partial charge in [-0.1, -0.05) is 31.9 Å². The third kappa shape index (κ3) is 2.11. The fourth-order valence-corrected chi connectivity index (χ4v) is 2.62. The van der Waals surface area contributed by atoms with Crippen LogP contribution in [0, 0.1) is 5.92 Å². The van der Waals surface area contributed by atoms with Gasteiger partial charge in [-0.15, -0.1) is 0 Å². The van der Waals surface area contributed by atoms with Gasteiger partial charge in [0.05, 0.1) is 12.7 Å². The van der Waals surface area contributed by atoms with E-state index < -0.39 is 0 Å². The molecule has 0 aromatic heterocycles. The van der Waals surface area contributed by atoms with E-state index in [2.05, 4.69) is 23.8 Å². The summed E-state index contributed by atoms with van der Waals surface area (Å²) in [5, 5.41) is 0. The lowest BCUT2D eigenvalue weighted by molar-refractivity contribution is 0.0600. The van der Waals surface area contributed by atoms with Crippen molar-refractivity contribution in [2.75, 3.05) is 7.11 Å². The summed E-state index contributed by atoms with van der Waals surface area (Å²) in [5.41, 5.74) is 1.99. The van der Waals surface area contributed by atoms with E-state index in [1.54, 1.807) is 0 Å². The van der Waals surface area contributed by atoms with Gasteiger partial charge in [-0.05, 0) is 36.0 Å². The van der Waals surface area contributed by atoms with Gasteiger partial charge in [0.1, 0.15) is 0 Å². The number of carbonyl (C=O) groups excluding carboxylic acids is 1. The van der Waals surface area contributed by atoms with Gasteiger partial charge in [0.25, 0.3) is 0 Å². The number of hydrogen-bond acceptors (Lipinski definition) is 2. The monoisotopic (exact) mass is 218 g/mol. The van der Waals surface area contributed by atoms with Crippen LogP contribution in [0.15, 0.2) is 24.3 Å². The zero-order valence-corrected chi connectivity index (χ0v) is 9.90. The Morgan fingerprint density at radius 3 is 2.44 bits per heavy atom. The standard InChI is InChI=1S/C14H18O2/c1-10-4-3-5-13(10)11-6-8-12(9-7-11)14(15)16-2/h6-10,13H,3-5H2,1-2H3. The lowest BCUT2D eigenvalue weighted by Crippen LogP contribution is -2.04. The van der Waals surface area contributed by atoms with Gasteiger partial charge < -0.3 is 4.74 Å². The van der Waals surface area contributed by atoms with Gasteiger partial charge in [-0.25, -0.2) is 4.79 Å². The van der Waals surface area contributed by atoms with Gasteiger partial charge in [0.15, 0.2) is 0 Å². The second-order valence-electron chi connectivity index (χ2n) is 4.63. The third-order valence-corrected chi connectivity index (χ3v) is 3.62. The van der Waals surface area contributed by atoms with E-state index in [1.165, 1.54) is 31.9 Å². The molecule has 16 heavy (non-hydrogen) atoms. The van der Waals surface area contributed by atoms with Gasteiger partial charge in [-0.3, -0.25) is 0 Å². The van der Waals surface area contributed by atoms with E-state index in [-0.39, 0.29) is 5.97 Å². The van der Waals surface area contributed by atoms with E-state index in [0.717, 1.165) is 5.92 Å². The molecule has 1 aliphatic rings. The Morgan fingerprint density at radius 2 is 1.94 bits per heavy atom. The van der Waals surface area contributed by atoms with E-state index in [4.69, 9.17) is 0 Å². The van der Waals surface area contributed by atoms with Gasteiger partial charge in [0.2, 0.25) is 0 Å². The molecule has 0 amide bonds. The summed E-state index contributed by atoms with van der Waals surface area (Å²) in [6.07, 6.45) is 3.92. The number of methoxy groups -OCH3 is 1. The minimum Gasteiger partial charge on any atom is -0.465 e. The molecule has 0 spiro atoms. The van der Waals surface area contributed by atoms with E-state index in [1.807, 2.05) is 12.1 Å². The Labute approximate surface area is 96.6 Å². The summed E-state index contributed by atoms with van der Waals surface area (Å²) in [7, 11) is 1.41. The molecule has 1 aromatic carbocycles. The first-order valence-corrected chi connectivity index (χ1v) is 5.90. The molecule has 2 rings (SSSR count). The van der Waals surface area contributed by atoms with Crippen molar-refractivity contribution in [1.29, 1.82) is 0 Å². The van der Waals surface area contributed by atoms with Crippen molar-refractivity contribution < 1.29 is 9.53 Å². The molecule has 86 valence electrons. The van der Waals surface area contributed by atoms with Crippen molar-refractivity contribution in [2.24, 2.45) is 5.92 Å². The normalized spacial score (nSPS) is 24.4. The average molecular weight is 218 g/mol. The Balaban J connectivity index is 2.16. The summed E-state index contributed by atoms with van der Waals surface area (Å²) >= 11 is 0. The number of benzene rings is 1. The molecule has 1 aliphatic carbocycles. The Kier molecular flexibility index (Phi) is 3.28. The maximum Gasteiger partial charge on any atom is 0.337 e. The molecule has 2 nitrogen and oxygen atoms in total. The van der Waals surface area contributed by atoms with Crippen LogP contribution in [0.2, 0.25) is 0 Å². The highest BCUT2D eigenvalue weighted by molar-refractivity contribution is 5.89. The first-order valence-electron chi connectivity index (χ1n) is 5.90. The first-order chi connectivity index (χ1) is 7.72. The zero-order chi connectivity index (χ0) is 11.5. The van der Waals surface area contributed by atoms with Gasteiger partial charge >= 0.3 is 5.97 Å². The summed E-state index contributed by atoms with van der Waals surface area (Å²) in [6.45, 7) is 2.31. The molecule has 0 radical (unpaired) electrons. The van der Waals surface area contributed by atoms with Crippen LogP contribution in [0.1, 0.15) is 48.0 Å². The number of carbonyl (C=O) groups is 1. The zero-order valence-electron chi connectivity index (χ0n) is 9.90. The molecule has 0 heterocycles. The highest BCUT2D eigenvalue weighted by Crippen LogP contribution is 2.39. The topological polar surface area (TPSA) is 26.3 Å². The molecule has 0 aliphatic heterocycles. The molecular formula is C14H18O2. The maximum atomic E-state index is 11.3. The molecule has 0 N–H and O–H groups in total. The molecule has 1 fully saturated rings. The number of ether oxygens (including phenoxy) is 1.